The summed E-state index contributed by atoms with van der Waals surface area (Å²) >= 11 is 0. The third-order valence-electron chi connectivity index (χ3n) is 4.74. The van der Waals surface area contributed by atoms with Gasteiger partial charge < -0.3 is 0 Å². The first kappa shape index (κ1) is 18.0. The molecule has 2 aromatic rings. The van der Waals surface area contributed by atoms with Gasteiger partial charge in [0, 0.05) is 24.9 Å². The summed E-state index contributed by atoms with van der Waals surface area (Å²) in [6.07, 6.45) is 0. The highest BCUT2D eigenvalue weighted by molar-refractivity contribution is 7.89. The molecule has 1 saturated heterocycles. The molecule has 1 aromatic heterocycles. The number of halogens is 1. The average molecular weight is 366 g/mol. The fraction of sp³-hybridized carbons (Fsp3) is 0.529. The summed E-state index contributed by atoms with van der Waals surface area (Å²) in [7, 11) is -3.66. The van der Waals surface area contributed by atoms with E-state index < -0.39 is 22.6 Å². The molecule has 0 aliphatic carbocycles. The van der Waals surface area contributed by atoms with Gasteiger partial charge >= 0.3 is 0 Å². The Hall–Kier alpha value is -1.80. The third kappa shape index (κ3) is 3.46. The van der Waals surface area contributed by atoms with Crippen molar-refractivity contribution in [3.8, 4) is 0 Å². The Labute approximate surface area is 147 Å². The van der Waals surface area contributed by atoms with Crippen LogP contribution in [0.5, 0.6) is 0 Å². The van der Waals surface area contributed by atoms with Crippen LogP contribution < -0.4 is 0 Å². The van der Waals surface area contributed by atoms with Crippen LogP contribution in [0.1, 0.15) is 42.9 Å². The minimum atomic E-state index is -3.66. The Morgan fingerprint density at radius 3 is 2.48 bits per heavy atom. The molecule has 0 spiro atoms. The van der Waals surface area contributed by atoms with Gasteiger partial charge in [-0.2, -0.15) is 9.40 Å². The number of aryl methyl sites for hydroxylation is 1. The SMILES string of the molecule is Cc1nc([C@@H]2CN(S(=O)(=O)c3ccc(C(C)C)cc3)C[C@H]2CF)n[nH]1. The maximum Gasteiger partial charge on any atom is 0.243 e. The van der Waals surface area contributed by atoms with Crippen LogP contribution in [0.15, 0.2) is 29.2 Å². The van der Waals surface area contributed by atoms with E-state index in [1.807, 2.05) is 12.1 Å². The van der Waals surface area contributed by atoms with E-state index in [4.69, 9.17) is 0 Å². The first-order valence-electron chi connectivity index (χ1n) is 8.38. The summed E-state index contributed by atoms with van der Waals surface area (Å²) in [6.45, 7) is 5.61. The molecule has 1 fully saturated rings. The van der Waals surface area contributed by atoms with Crippen LogP contribution in [0.4, 0.5) is 4.39 Å². The molecule has 0 unspecified atom stereocenters. The molecular weight excluding hydrogens is 343 g/mol. The second-order valence-electron chi connectivity index (χ2n) is 6.85. The van der Waals surface area contributed by atoms with E-state index in [1.54, 1.807) is 19.1 Å². The van der Waals surface area contributed by atoms with Crippen LogP contribution in [0.2, 0.25) is 0 Å². The number of alkyl halides is 1. The highest BCUT2D eigenvalue weighted by Gasteiger charge is 2.41. The molecule has 25 heavy (non-hydrogen) atoms. The van der Waals surface area contributed by atoms with Crippen molar-refractivity contribution in [3.63, 3.8) is 0 Å². The number of sulfonamides is 1. The molecule has 8 heteroatoms. The topological polar surface area (TPSA) is 79.0 Å². The summed E-state index contributed by atoms with van der Waals surface area (Å²) < 4.78 is 40.6. The lowest BCUT2D eigenvalue weighted by atomic mass is 9.97. The Morgan fingerprint density at radius 1 is 1.28 bits per heavy atom. The molecule has 1 aliphatic heterocycles. The van der Waals surface area contributed by atoms with E-state index in [1.165, 1.54) is 4.31 Å². The van der Waals surface area contributed by atoms with E-state index in [0.29, 0.717) is 17.6 Å². The molecule has 1 aliphatic rings. The van der Waals surface area contributed by atoms with E-state index in [9.17, 15) is 12.8 Å². The lowest BCUT2D eigenvalue weighted by Crippen LogP contribution is -2.29. The third-order valence-corrected chi connectivity index (χ3v) is 6.58. The smallest absolute Gasteiger partial charge is 0.243 e. The van der Waals surface area contributed by atoms with Crippen molar-refractivity contribution in [1.29, 1.82) is 0 Å². The number of nitrogens with zero attached hydrogens (tertiary/aromatic N) is 3. The van der Waals surface area contributed by atoms with Crippen molar-refractivity contribution in [1.82, 2.24) is 19.5 Å². The predicted molar refractivity (Wildman–Crippen MR) is 92.6 cm³/mol. The highest BCUT2D eigenvalue weighted by atomic mass is 32.2. The fourth-order valence-corrected chi connectivity index (χ4v) is 4.70. The second-order valence-corrected chi connectivity index (χ2v) is 8.78. The summed E-state index contributed by atoms with van der Waals surface area (Å²) in [5.41, 5.74) is 1.08. The molecular formula is C17H23FN4O2S. The first-order chi connectivity index (χ1) is 11.8. The van der Waals surface area contributed by atoms with E-state index in [2.05, 4.69) is 29.0 Å². The van der Waals surface area contributed by atoms with Crippen molar-refractivity contribution in [3.05, 3.63) is 41.5 Å². The molecule has 6 nitrogen and oxygen atoms in total. The van der Waals surface area contributed by atoms with Gasteiger partial charge in [0.05, 0.1) is 11.6 Å². The Bertz CT molecular complexity index is 833. The molecule has 2 atom stereocenters. The van der Waals surface area contributed by atoms with Crippen molar-refractivity contribution >= 4 is 10.0 Å². The monoisotopic (exact) mass is 366 g/mol. The van der Waals surface area contributed by atoms with Gasteiger partial charge in [0.15, 0.2) is 5.82 Å². The van der Waals surface area contributed by atoms with Gasteiger partial charge in [-0.15, -0.1) is 0 Å². The number of benzene rings is 1. The Balaban J connectivity index is 1.85. The van der Waals surface area contributed by atoms with Gasteiger partial charge in [-0.3, -0.25) is 9.49 Å². The zero-order valence-corrected chi connectivity index (χ0v) is 15.4. The second kappa shape index (κ2) is 6.84. The summed E-state index contributed by atoms with van der Waals surface area (Å²) in [6, 6.07) is 6.91. The largest absolute Gasteiger partial charge is 0.263 e. The molecule has 1 aromatic carbocycles. The van der Waals surface area contributed by atoms with Crippen LogP contribution >= 0.6 is 0 Å². The fourth-order valence-electron chi connectivity index (χ4n) is 3.18. The van der Waals surface area contributed by atoms with Crippen LogP contribution in [0, 0.1) is 12.8 Å². The number of aromatic amines is 1. The van der Waals surface area contributed by atoms with Gasteiger partial charge in [0.25, 0.3) is 0 Å². The van der Waals surface area contributed by atoms with Crippen molar-refractivity contribution in [2.75, 3.05) is 19.8 Å². The van der Waals surface area contributed by atoms with Gasteiger partial charge in [0.2, 0.25) is 10.0 Å². The Kier molecular flexibility index (Phi) is 4.92. The van der Waals surface area contributed by atoms with Gasteiger partial charge in [-0.25, -0.2) is 13.4 Å². The maximum absolute atomic E-state index is 13.5. The van der Waals surface area contributed by atoms with Crippen molar-refractivity contribution in [2.24, 2.45) is 5.92 Å². The molecule has 0 radical (unpaired) electrons. The van der Waals surface area contributed by atoms with E-state index in [-0.39, 0.29) is 23.9 Å². The first-order valence-corrected chi connectivity index (χ1v) is 9.82. The minimum absolute atomic E-state index is 0.142. The zero-order chi connectivity index (χ0) is 18.2. The van der Waals surface area contributed by atoms with Gasteiger partial charge in [-0.1, -0.05) is 26.0 Å². The molecule has 3 rings (SSSR count). The number of aromatic nitrogens is 3. The molecule has 1 N–H and O–H groups in total. The molecule has 0 saturated carbocycles. The van der Waals surface area contributed by atoms with E-state index in [0.717, 1.165) is 5.56 Å². The summed E-state index contributed by atoms with van der Waals surface area (Å²) in [4.78, 5) is 4.49. The standard InChI is InChI=1S/C17H23FN4O2S/c1-11(2)13-4-6-15(7-5-13)25(23,24)22-9-14(8-18)16(10-22)17-19-12(3)20-21-17/h4-7,11,14,16H,8-10H2,1-3H3,(H,19,20,21)/t14-,16-/m1/s1. The lowest BCUT2D eigenvalue weighted by Gasteiger charge is -2.17. The van der Waals surface area contributed by atoms with Crippen LogP contribution in [0.3, 0.4) is 0 Å². The summed E-state index contributed by atoms with van der Waals surface area (Å²) in [5, 5.41) is 6.83. The average Bonchev–Trinajstić information content (AvgIpc) is 3.21. The number of hydrogen-bond donors (Lipinski definition) is 1. The number of nitrogens with one attached hydrogen (secondary N) is 1. The van der Waals surface area contributed by atoms with Crippen molar-refractivity contribution < 1.29 is 12.8 Å². The summed E-state index contributed by atoms with van der Waals surface area (Å²) in [5.74, 6) is 0.684. The number of rotatable bonds is 5. The normalized spacial score (nSPS) is 22.0. The Morgan fingerprint density at radius 2 is 1.96 bits per heavy atom. The van der Waals surface area contributed by atoms with Crippen LogP contribution in [-0.4, -0.2) is 47.7 Å². The molecule has 0 amide bonds. The molecule has 2 heterocycles. The van der Waals surface area contributed by atoms with Crippen LogP contribution in [0.25, 0.3) is 0 Å². The van der Waals surface area contributed by atoms with Crippen molar-refractivity contribution in [2.45, 2.75) is 37.5 Å². The van der Waals surface area contributed by atoms with Gasteiger partial charge in [0.1, 0.15) is 5.82 Å². The lowest BCUT2D eigenvalue weighted by molar-refractivity contribution is 0.346. The molecule has 136 valence electrons. The van der Waals surface area contributed by atoms with E-state index >= 15 is 0 Å². The quantitative estimate of drug-likeness (QED) is 0.882. The van der Waals surface area contributed by atoms with Gasteiger partial charge in [-0.05, 0) is 30.5 Å². The number of H-pyrrole nitrogens is 1. The highest BCUT2D eigenvalue weighted by Crippen LogP contribution is 2.34. The molecule has 0 bridgehead atoms. The van der Waals surface area contributed by atoms with Crippen LogP contribution in [-0.2, 0) is 10.0 Å². The zero-order valence-electron chi connectivity index (χ0n) is 14.6. The number of hydrogen-bond acceptors (Lipinski definition) is 4. The maximum atomic E-state index is 13.5. The predicted octanol–water partition coefficient (Wildman–Crippen LogP) is 2.61. The minimum Gasteiger partial charge on any atom is -0.263 e.